The highest BCUT2D eigenvalue weighted by Gasteiger charge is 2.14. The predicted molar refractivity (Wildman–Crippen MR) is 56.3 cm³/mol. The van der Waals surface area contributed by atoms with Gasteiger partial charge in [0.1, 0.15) is 0 Å². The van der Waals surface area contributed by atoms with Crippen molar-refractivity contribution in [3.63, 3.8) is 0 Å². The lowest BCUT2D eigenvalue weighted by atomic mass is 10.1. The molecule has 1 saturated heterocycles. The monoisotopic (exact) mass is 213 g/mol. The molecule has 1 N–H and O–H groups in total. The van der Waals surface area contributed by atoms with Gasteiger partial charge in [-0.3, -0.25) is 0 Å². The van der Waals surface area contributed by atoms with Crippen LogP contribution in [0.25, 0.3) is 0 Å². The van der Waals surface area contributed by atoms with Gasteiger partial charge in [-0.2, -0.15) is 16.7 Å². The zero-order valence-electron chi connectivity index (χ0n) is 8.11. The van der Waals surface area contributed by atoms with Crippen LogP contribution in [-0.4, -0.2) is 34.7 Å². The van der Waals surface area contributed by atoms with Gasteiger partial charge in [0.05, 0.1) is 0 Å². The van der Waals surface area contributed by atoms with Crippen molar-refractivity contribution in [1.82, 2.24) is 15.5 Å². The van der Waals surface area contributed by atoms with Gasteiger partial charge in [0.2, 0.25) is 5.89 Å². The van der Waals surface area contributed by atoms with E-state index >= 15 is 0 Å². The Hall–Kier alpha value is -0.550. The summed E-state index contributed by atoms with van der Waals surface area (Å²) < 4.78 is 4.90. The molecule has 78 valence electrons. The third kappa shape index (κ3) is 2.99. The van der Waals surface area contributed by atoms with Gasteiger partial charge in [0.15, 0.2) is 6.33 Å². The number of nitrogens with zero attached hydrogens (tertiary/aromatic N) is 2. The van der Waals surface area contributed by atoms with E-state index < -0.39 is 0 Å². The van der Waals surface area contributed by atoms with E-state index in [1.54, 1.807) is 0 Å². The molecule has 1 aromatic rings. The first-order valence-corrected chi connectivity index (χ1v) is 6.14. The first kappa shape index (κ1) is 9.98. The molecule has 0 radical (unpaired) electrons. The van der Waals surface area contributed by atoms with Crippen LogP contribution in [0, 0.1) is 5.92 Å². The maximum absolute atomic E-state index is 4.90. The predicted octanol–water partition coefficient (Wildman–Crippen LogP) is 0.955. The van der Waals surface area contributed by atoms with Crippen LogP contribution in [0.5, 0.6) is 0 Å². The first-order chi connectivity index (χ1) is 6.95. The minimum absolute atomic E-state index is 0.721. The number of thioether (sulfide) groups is 1. The summed E-state index contributed by atoms with van der Waals surface area (Å²) in [6.45, 7) is 2.06. The Kier molecular flexibility index (Phi) is 3.82. The molecule has 2 rings (SSSR count). The van der Waals surface area contributed by atoms with Crippen LogP contribution >= 0.6 is 11.8 Å². The number of aromatic nitrogens is 2. The fourth-order valence-electron chi connectivity index (χ4n) is 1.55. The molecule has 0 aromatic carbocycles. The van der Waals surface area contributed by atoms with E-state index in [9.17, 15) is 0 Å². The topological polar surface area (TPSA) is 51.0 Å². The van der Waals surface area contributed by atoms with E-state index in [4.69, 9.17) is 4.52 Å². The smallest absolute Gasteiger partial charge is 0.227 e. The van der Waals surface area contributed by atoms with E-state index in [2.05, 4.69) is 27.2 Å². The van der Waals surface area contributed by atoms with Crippen molar-refractivity contribution in [3.05, 3.63) is 12.2 Å². The van der Waals surface area contributed by atoms with Crippen molar-refractivity contribution < 1.29 is 4.52 Å². The van der Waals surface area contributed by atoms with Crippen LogP contribution in [-0.2, 0) is 6.42 Å². The van der Waals surface area contributed by atoms with Gasteiger partial charge in [-0.15, -0.1) is 0 Å². The Bertz CT molecular complexity index is 247. The second kappa shape index (κ2) is 5.36. The molecule has 1 aliphatic rings. The van der Waals surface area contributed by atoms with Gasteiger partial charge in [-0.05, 0) is 30.4 Å². The van der Waals surface area contributed by atoms with Gasteiger partial charge in [0, 0.05) is 13.0 Å². The highest BCUT2D eigenvalue weighted by Crippen LogP contribution is 2.22. The van der Waals surface area contributed by atoms with Crippen molar-refractivity contribution >= 4 is 11.8 Å². The summed E-state index contributed by atoms with van der Waals surface area (Å²) in [5.41, 5.74) is 0. The average Bonchev–Trinajstić information content (AvgIpc) is 2.86. The molecule has 1 aromatic heterocycles. The largest absolute Gasteiger partial charge is 0.340 e. The SMILES string of the molecule is c1noc(CCNCC2CCSC2)n1. The van der Waals surface area contributed by atoms with Crippen molar-refractivity contribution in [2.75, 3.05) is 24.6 Å². The minimum atomic E-state index is 0.721. The Morgan fingerprint density at radius 2 is 2.64 bits per heavy atom. The highest BCUT2D eigenvalue weighted by atomic mass is 32.2. The third-order valence-electron chi connectivity index (χ3n) is 2.38. The van der Waals surface area contributed by atoms with Crippen LogP contribution in [0.1, 0.15) is 12.3 Å². The Morgan fingerprint density at radius 1 is 1.64 bits per heavy atom. The lowest BCUT2D eigenvalue weighted by molar-refractivity contribution is 0.373. The summed E-state index contributed by atoms with van der Waals surface area (Å²) in [4.78, 5) is 3.96. The Morgan fingerprint density at radius 3 is 3.36 bits per heavy atom. The standard InChI is InChI=1S/C9H15N3OS/c1(9-11-7-12-13-9)3-10-5-8-2-4-14-6-8/h7-8,10H,1-6H2. The van der Waals surface area contributed by atoms with Crippen molar-refractivity contribution in [1.29, 1.82) is 0 Å². The Balaban J connectivity index is 1.55. The zero-order chi connectivity index (χ0) is 9.64. The Labute approximate surface area is 87.8 Å². The quantitative estimate of drug-likeness (QED) is 0.738. The number of nitrogens with one attached hydrogen (secondary N) is 1. The van der Waals surface area contributed by atoms with Gasteiger partial charge >= 0.3 is 0 Å². The molecule has 1 aliphatic heterocycles. The number of rotatable bonds is 5. The molecule has 2 heterocycles. The summed E-state index contributed by atoms with van der Waals surface area (Å²) in [5.74, 6) is 4.23. The van der Waals surface area contributed by atoms with Crippen LogP contribution in [0.4, 0.5) is 0 Å². The molecule has 1 unspecified atom stereocenters. The van der Waals surface area contributed by atoms with Gasteiger partial charge < -0.3 is 9.84 Å². The van der Waals surface area contributed by atoms with Gasteiger partial charge in [0.25, 0.3) is 0 Å². The second-order valence-electron chi connectivity index (χ2n) is 3.52. The molecular weight excluding hydrogens is 198 g/mol. The summed E-state index contributed by atoms with van der Waals surface area (Å²) >= 11 is 2.06. The van der Waals surface area contributed by atoms with Gasteiger partial charge in [-0.25, -0.2) is 0 Å². The van der Waals surface area contributed by atoms with Crippen LogP contribution < -0.4 is 5.32 Å². The molecule has 5 heteroatoms. The van der Waals surface area contributed by atoms with E-state index in [-0.39, 0.29) is 0 Å². The first-order valence-electron chi connectivity index (χ1n) is 4.99. The minimum Gasteiger partial charge on any atom is -0.340 e. The van der Waals surface area contributed by atoms with Crippen LogP contribution in [0.15, 0.2) is 10.9 Å². The second-order valence-corrected chi connectivity index (χ2v) is 4.67. The number of hydrogen-bond acceptors (Lipinski definition) is 5. The summed E-state index contributed by atoms with van der Waals surface area (Å²) in [6.07, 6.45) is 3.64. The van der Waals surface area contributed by atoms with Crippen molar-refractivity contribution in [2.45, 2.75) is 12.8 Å². The summed E-state index contributed by atoms with van der Waals surface area (Å²) in [6, 6.07) is 0. The summed E-state index contributed by atoms with van der Waals surface area (Å²) in [7, 11) is 0. The molecule has 4 nitrogen and oxygen atoms in total. The molecule has 0 amide bonds. The molecule has 0 aliphatic carbocycles. The lowest BCUT2D eigenvalue weighted by Gasteiger charge is -2.08. The maximum atomic E-state index is 4.90. The van der Waals surface area contributed by atoms with E-state index in [0.29, 0.717) is 0 Å². The highest BCUT2D eigenvalue weighted by molar-refractivity contribution is 7.99. The molecular formula is C9H15N3OS. The third-order valence-corrected chi connectivity index (χ3v) is 3.61. The maximum Gasteiger partial charge on any atom is 0.227 e. The van der Waals surface area contributed by atoms with E-state index in [0.717, 1.165) is 31.3 Å². The molecule has 1 fully saturated rings. The van der Waals surface area contributed by atoms with E-state index in [1.165, 1.54) is 24.3 Å². The molecule has 0 bridgehead atoms. The van der Waals surface area contributed by atoms with Crippen molar-refractivity contribution in [3.8, 4) is 0 Å². The number of hydrogen-bond donors (Lipinski definition) is 1. The van der Waals surface area contributed by atoms with Crippen LogP contribution in [0.3, 0.4) is 0 Å². The fourth-order valence-corrected chi connectivity index (χ4v) is 2.84. The van der Waals surface area contributed by atoms with Crippen LogP contribution in [0.2, 0.25) is 0 Å². The molecule has 14 heavy (non-hydrogen) atoms. The van der Waals surface area contributed by atoms with Gasteiger partial charge in [-0.1, -0.05) is 5.16 Å². The normalized spacial score (nSPS) is 21.6. The van der Waals surface area contributed by atoms with E-state index in [1.807, 2.05) is 0 Å². The molecule has 0 spiro atoms. The van der Waals surface area contributed by atoms with Crippen molar-refractivity contribution in [2.24, 2.45) is 5.92 Å². The molecule has 0 saturated carbocycles. The lowest BCUT2D eigenvalue weighted by Crippen LogP contribution is -2.24. The fraction of sp³-hybridized carbons (Fsp3) is 0.778. The zero-order valence-corrected chi connectivity index (χ0v) is 8.92. The molecule has 1 atom stereocenters. The summed E-state index contributed by atoms with van der Waals surface area (Å²) in [5, 5.41) is 6.99. The average molecular weight is 213 g/mol.